The number of fused-ring (bicyclic) bond motifs is 1. The maximum absolute atomic E-state index is 13.6. The minimum absolute atomic E-state index is 0.00447. The molecule has 11 heteroatoms. The molecule has 1 saturated carbocycles. The van der Waals surface area contributed by atoms with Crippen LogP contribution in [0.4, 0.5) is 10.5 Å². The van der Waals surface area contributed by atoms with E-state index in [1.807, 2.05) is 48.6 Å². The minimum Gasteiger partial charge on any atom is -0.461 e. The van der Waals surface area contributed by atoms with Gasteiger partial charge in [-0.15, -0.1) is 0 Å². The standard InChI is InChI=1S/C47H59N3O8/c1-47(2,3)58-46(56)49-30-41(45(55)50-37-21-20-36-29-48-26-25-35(36)27-37)34-18-15-33(16-19-34)31-57-44(54)14-10-5-4-9-13-39-40(43(53)28-42(39)52)24-23-38(51)22-17-32-11-7-6-8-12-32/h4,6-9,11-12,15-16,18-21,25-27,29,38-43,51-53H,5,10,13-14,17,22-24,28,30-31H2,1-3H3,(H,49,56)(H,50,55)/b9-4-/t38-,39?,40+,41?,42-,43+/m0/s1. The lowest BCUT2D eigenvalue weighted by Crippen LogP contribution is -2.37. The second-order valence-corrected chi connectivity index (χ2v) is 16.3. The summed E-state index contributed by atoms with van der Waals surface area (Å²) in [5.74, 6) is -1.50. The number of hydrogen-bond donors (Lipinski definition) is 5. The molecule has 0 bridgehead atoms. The van der Waals surface area contributed by atoms with Gasteiger partial charge in [-0.1, -0.05) is 72.8 Å². The largest absolute Gasteiger partial charge is 0.461 e. The number of benzene rings is 3. The molecule has 1 aliphatic carbocycles. The number of aromatic nitrogens is 1. The number of aliphatic hydroxyl groups is 3. The number of carbonyl (C=O) groups is 3. The monoisotopic (exact) mass is 793 g/mol. The zero-order chi connectivity index (χ0) is 41.5. The number of aryl methyl sites for hydroxylation is 1. The van der Waals surface area contributed by atoms with Crippen molar-refractivity contribution in [3.63, 3.8) is 0 Å². The van der Waals surface area contributed by atoms with E-state index in [1.54, 1.807) is 63.5 Å². The van der Waals surface area contributed by atoms with Crippen molar-refractivity contribution in [2.45, 2.75) is 115 Å². The average Bonchev–Trinajstić information content (AvgIpc) is 3.47. The van der Waals surface area contributed by atoms with Crippen LogP contribution in [0.15, 0.2) is 103 Å². The molecule has 310 valence electrons. The molecule has 6 atom stereocenters. The average molecular weight is 794 g/mol. The predicted molar refractivity (Wildman–Crippen MR) is 225 cm³/mol. The van der Waals surface area contributed by atoms with Crippen LogP contribution in [0.3, 0.4) is 0 Å². The zero-order valence-electron chi connectivity index (χ0n) is 33.9. The van der Waals surface area contributed by atoms with Crippen molar-refractivity contribution in [2.75, 3.05) is 11.9 Å². The van der Waals surface area contributed by atoms with Gasteiger partial charge in [-0.05, 0) is 124 Å². The van der Waals surface area contributed by atoms with E-state index in [0.717, 1.165) is 22.8 Å². The number of pyridine rings is 1. The third kappa shape index (κ3) is 14.1. The Labute approximate surface area is 341 Å². The Morgan fingerprint density at radius 3 is 2.41 bits per heavy atom. The number of allylic oxidation sites excluding steroid dienone is 2. The number of hydrogen-bond acceptors (Lipinski definition) is 9. The van der Waals surface area contributed by atoms with Gasteiger partial charge in [-0.2, -0.15) is 0 Å². The number of anilines is 1. The van der Waals surface area contributed by atoms with E-state index in [0.29, 0.717) is 56.2 Å². The number of esters is 1. The molecule has 4 aromatic rings. The molecular weight excluding hydrogens is 735 g/mol. The summed E-state index contributed by atoms with van der Waals surface area (Å²) in [6.45, 7) is 5.39. The molecule has 58 heavy (non-hydrogen) atoms. The number of amides is 2. The molecule has 11 nitrogen and oxygen atoms in total. The van der Waals surface area contributed by atoms with Crippen molar-refractivity contribution < 1.29 is 39.2 Å². The molecule has 0 spiro atoms. The van der Waals surface area contributed by atoms with Crippen molar-refractivity contribution in [1.29, 1.82) is 0 Å². The number of rotatable bonds is 19. The van der Waals surface area contributed by atoms with Crippen LogP contribution < -0.4 is 10.6 Å². The fraction of sp³-hybridized carbons (Fsp3) is 0.447. The smallest absolute Gasteiger partial charge is 0.407 e. The van der Waals surface area contributed by atoms with E-state index in [2.05, 4.69) is 27.8 Å². The van der Waals surface area contributed by atoms with Gasteiger partial charge >= 0.3 is 12.1 Å². The summed E-state index contributed by atoms with van der Waals surface area (Å²) in [7, 11) is 0. The van der Waals surface area contributed by atoms with Crippen molar-refractivity contribution in [3.05, 3.63) is 120 Å². The molecule has 2 unspecified atom stereocenters. The Hall–Kier alpha value is -5.10. The second-order valence-electron chi connectivity index (χ2n) is 16.3. The van der Waals surface area contributed by atoms with E-state index in [4.69, 9.17) is 9.47 Å². The SMILES string of the molecule is CC(C)(C)OC(=O)NCC(C(=O)Nc1ccc2cnccc2c1)c1ccc(COC(=O)CCC/C=C\CC2[C@@H](CC[C@@H](O)CCc3ccccc3)[C@H](O)C[C@@H]2O)cc1. The number of carbonyl (C=O) groups excluding carboxylic acids is 3. The van der Waals surface area contributed by atoms with Crippen LogP contribution in [0.2, 0.25) is 0 Å². The van der Waals surface area contributed by atoms with Crippen molar-refractivity contribution in [1.82, 2.24) is 10.3 Å². The number of nitrogens with one attached hydrogen (secondary N) is 2. The van der Waals surface area contributed by atoms with E-state index in [9.17, 15) is 29.7 Å². The van der Waals surface area contributed by atoms with Gasteiger partial charge < -0.3 is 35.4 Å². The summed E-state index contributed by atoms with van der Waals surface area (Å²) in [5.41, 5.74) is 2.54. The Bertz CT molecular complexity index is 1950. The van der Waals surface area contributed by atoms with Gasteiger partial charge in [0.1, 0.15) is 12.2 Å². The third-order valence-electron chi connectivity index (χ3n) is 10.6. The molecule has 0 aliphatic heterocycles. The lowest BCUT2D eigenvalue weighted by molar-refractivity contribution is -0.145. The number of ether oxygens (including phenoxy) is 2. The van der Waals surface area contributed by atoms with Crippen LogP contribution >= 0.6 is 0 Å². The summed E-state index contributed by atoms with van der Waals surface area (Å²) < 4.78 is 10.9. The molecule has 1 heterocycles. The van der Waals surface area contributed by atoms with Crippen LogP contribution in [-0.4, -0.2) is 68.7 Å². The van der Waals surface area contributed by atoms with Crippen LogP contribution in [0, 0.1) is 11.8 Å². The zero-order valence-corrected chi connectivity index (χ0v) is 33.9. The molecule has 0 radical (unpaired) electrons. The molecule has 0 saturated heterocycles. The maximum Gasteiger partial charge on any atom is 0.407 e. The minimum atomic E-state index is -0.735. The fourth-order valence-electron chi connectivity index (χ4n) is 7.48. The van der Waals surface area contributed by atoms with E-state index in [1.165, 1.54) is 5.56 Å². The summed E-state index contributed by atoms with van der Waals surface area (Å²) in [6.07, 6.45) is 10.5. The molecule has 5 rings (SSSR count). The first kappa shape index (κ1) is 44.0. The van der Waals surface area contributed by atoms with E-state index in [-0.39, 0.29) is 43.3 Å². The lowest BCUT2D eigenvalue weighted by atomic mass is 9.85. The van der Waals surface area contributed by atoms with Crippen molar-refractivity contribution >= 4 is 34.4 Å². The number of alkyl carbamates (subject to hydrolysis) is 1. The summed E-state index contributed by atoms with van der Waals surface area (Å²) in [4.78, 5) is 42.8. The number of aliphatic hydroxyl groups excluding tert-OH is 3. The Morgan fingerprint density at radius 1 is 0.897 bits per heavy atom. The Kier molecular flexibility index (Phi) is 16.4. The fourth-order valence-corrected chi connectivity index (χ4v) is 7.48. The first-order valence-corrected chi connectivity index (χ1v) is 20.4. The summed E-state index contributed by atoms with van der Waals surface area (Å²) in [5, 5.41) is 39.4. The van der Waals surface area contributed by atoms with Crippen molar-refractivity contribution in [2.24, 2.45) is 11.8 Å². The summed E-state index contributed by atoms with van der Waals surface area (Å²) >= 11 is 0. The van der Waals surface area contributed by atoms with Gasteiger partial charge in [-0.3, -0.25) is 14.6 Å². The van der Waals surface area contributed by atoms with Crippen LogP contribution in [0.1, 0.15) is 94.7 Å². The van der Waals surface area contributed by atoms with Crippen molar-refractivity contribution in [3.8, 4) is 0 Å². The highest BCUT2D eigenvalue weighted by Crippen LogP contribution is 2.38. The van der Waals surface area contributed by atoms with Gasteiger partial charge in [0.05, 0.1) is 24.2 Å². The molecule has 1 aliphatic rings. The van der Waals surface area contributed by atoms with E-state index < -0.39 is 35.9 Å². The Morgan fingerprint density at radius 2 is 1.66 bits per heavy atom. The van der Waals surface area contributed by atoms with Crippen LogP contribution in [0.5, 0.6) is 0 Å². The molecule has 5 N–H and O–H groups in total. The van der Waals surface area contributed by atoms with Gasteiger partial charge in [-0.25, -0.2) is 4.79 Å². The normalized spacial score (nSPS) is 19.1. The second kappa shape index (κ2) is 21.6. The third-order valence-corrected chi connectivity index (χ3v) is 10.6. The predicted octanol–water partition coefficient (Wildman–Crippen LogP) is 7.77. The molecule has 1 aromatic heterocycles. The highest BCUT2D eigenvalue weighted by Gasteiger charge is 2.40. The molecular formula is C47H59N3O8. The molecule has 3 aromatic carbocycles. The van der Waals surface area contributed by atoms with Crippen LogP contribution in [0.25, 0.3) is 10.8 Å². The first-order valence-electron chi connectivity index (χ1n) is 20.4. The highest BCUT2D eigenvalue weighted by atomic mass is 16.6. The molecule has 1 fully saturated rings. The Balaban J connectivity index is 1.05. The quantitative estimate of drug-likeness (QED) is 0.0362. The lowest BCUT2D eigenvalue weighted by Gasteiger charge is -2.23. The van der Waals surface area contributed by atoms with Crippen LogP contribution in [-0.2, 0) is 32.1 Å². The van der Waals surface area contributed by atoms with E-state index >= 15 is 0 Å². The summed E-state index contributed by atoms with van der Waals surface area (Å²) in [6, 6.07) is 24.7. The number of unbranched alkanes of at least 4 members (excludes halogenated alkanes) is 1. The van der Waals surface area contributed by atoms with Gasteiger partial charge in [0.15, 0.2) is 0 Å². The first-order chi connectivity index (χ1) is 27.8. The topological polar surface area (TPSA) is 167 Å². The van der Waals surface area contributed by atoms with Gasteiger partial charge in [0.2, 0.25) is 5.91 Å². The van der Waals surface area contributed by atoms with Gasteiger partial charge in [0.25, 0.3) is 0 Å². The van der Waals surface area contributed by atoms with Gasteiger partial charge in [0, 0.05) is 36.4 Å². The number of nitrogens with zero attached hydrogens (tertiary/aromatic N) is 1. The molecule has 2 amide bonds. The highest BCUT2D eigenvalue weighted by molar-refractivity contribution is 5.98. The maximum atomic E-state index is 13.6.